The molecular formula is C15H22N2O. The predicted molar refractivity (Wildman–Crippen MR) is 73.4 cm³/mol. The molecule has 1 aromatic carbocycles. The van der Waals surface area contributed by atoms with Gasteiger partial charge in [0.1, 0.15) is 0 Å². The van der Waals surface area contributed by atoms with Crippen molar-refractivity contribution in [2.75, 3.05) is 26.7 Å². The van der Waals surface area contributed by atoms with E-state index in [1.165, 1.54) is 6.42 Å². The van der Waals surface area contributed by atoms with Crippen LogP contribution in [-0.2, 0) is 11.2 Å². The quantitative estimate of drug-likeness (QED) is 0.877. The number of benzene rings is 1. The maximum atomic E-state index is 12.2. The molecule has 1 aliphatic heterocycles. The number of rotatable bonds is 4. The van der Waals surface area contributed by atoms with Gasteiger partial charge in [0.05, 0.1) is 6.42 Å². The van der Waals surface area contributed by atoms with Crippen LogP contribution in [0.5, 0.6) is 0 Å². The van der Waals surface area contributed by atoms with Crippen LogP contribution in [0.25, 0.3) is 0 Å². The SMILES string of the molecule is CNCC1CCCN(C(=O)Cc2ccccc2)C1. The third-order valence-electron chi connectivity index (χ3n) is 3.56. The van der Waals surface area contributed by atoms with Crippen molar-refractivity contribution < 1.29 is 4.79 Å². The van der Waals surface area contributed by atoms with Crippen molar-refractivity contribution in [1.29, 1.82) is 0 Å². The molecule has 1 amide bonds. The molecule has 1 fully saturated rings. The Morgan fingerprint density at radius 1 is 1.39 bits per heavy atom. The van der Waals surface area contributed by atoms with Crippen molar-refractivity contribution in [1.82, 2.24) is 10.2 Å². The topological polar surface area (TPSA) is 32.3 Å². The van der Waals surface area contributed by atoms with Gasteiger partial charge in [-0.2, -0.15) is 0 Å². The minimum atomic E-state index is 0.266. The standard InChI is InChI=1S/C15H22N2O/c1-16-11-14-8-5-9-17(12-14)15(18)10-13-6-3-2-4-7-13/h2-4,6-7,14,16H,5,8-12H2,1H3. The second-order valence-electron chi connectivity index (χ2n) is 5.07. The second-order valence-corrected chi connectivity index (χ2v) is 5.07. The molecule has 3 nitrogen and oxygen atoms in total. The van der Waals surface area contributed by atoms with Crippen LogP contribution in [0.2, 0.25) is 0 Å². The zero-order chi connectivity index (χ0) is 12.8. The predicted octanol–water partition coefficient (Wildman–Crippen LogP) is 1.69. The molecule has 1 saturated heterocycles. The fourth-order valence-corrected chi connectivity index (χ4v) is 2.63. The summed E-state index contributed by atoms with van der Waals surface area (Å²) in [5.74, 6) is 0.880. The molecule has 98 valence electrons. The maximum Gasteiger partial charge on any atom is 0.226 e. The largest absolute Gasteiger partial charge is 0.342 e. The third kappa shape index (κ3) is 3.57. The van der Waals surface area contributed by atoms with Crippen molar-refractivity contribution in [3.63, 3.8) is 0 Å². The summed E-state index contributed by atoms with van der Waals surface area (Å²) in [6.07, 6.45) is 2.90. The van der Waals surface area contributed by atoms with Crippen LogP contribution in [0.3, 0.4) is 0 Å². The first kappa shape index (κ1) is 13.1. The number of carbonyl (C=O) groups is 1. The van der Waals surface area contributed by atoms with Gasteiger partial charge in [0, 0.05) is 13.1 Å². The number of likely N-dealkylation sites (tertiary alicyclic amines) is 1. The maximum absolute atomic E-state index is 12.2. The van der Waals surface area contributed by atoms with E-state index in [-0.39, 0.29) is 5.91 Å². The van der Waals surface area contributed by atoms with E-state index in [9.17, 15) is 4.79 Å². The van der Waals surface area contributed by atoms with Crippen LogP contribution in [-0.4, -0.2) is 37.5 Å². The van der Waals surface area contributed by atoms with E-state index < -0.39 is 0 Å². The fraction of sp³-hybridized carbons (Fsp3) is 0.533. The summed E-state index contributed by atoms with van der Waals surface area (Å²) in [6, 6.07) is 10.0. The van der Waals surface area contributed by atoms with Gasteiger partial charge in [-0.15, -0.1) is 0 Å². The van der Waals surface area contributed by atoms with Crippen molar-refractivity contribution >= 4 is 5.91 Å². The van der Waals surface area contributed by atoms with Crippen LogP contribution < -0.4 is 5.32 Å². The Morgan fingerprint density at radius 2 is 2.17 bits per heavy atom. The summed E-state index contributed by atoms with van der Waals surface area (Å²) in [7, 11) is 1.98. The molecule has 0 spiro atoms. The van der Waals surface area contributed by atoms with Crippen LogP contribution in [0.4, 0.5) is 0 Å². The average Bonchev–Trinajstić information content (AvgIpc) is 2.40. The molecule has 0 radical (unpaired) electrons. The molecule has 1 atom stereocenters. The Labute approximate surface area is 109 Å². The van der Waals surface area contributed by atoms with Gasteiger partial charge in [-0.05, 0) is 37.9 Å². The highest BCUT2D eigenvalue weighted by Gasteiger charge is 2.22. The molecule has 1 aliphatic rings. The van der Waals surface area contributed by atoms with Crippen LogP contribution in [0.1, 0.15) is 18.4 Å². The lowest BCUT2D eigenvalue weighted by atomic mass is 9.97. The molecule has 1 aromatic rings. The second kappa shape index (κ2) is 6.55. The van der Waals surface area contributed by atoms with E-state index in [2.05, 4.69) is 5.32 Å². The summed E-state index contributed by atoms with van der Waals surface area (Å²) in [6.45, 7) is 2.84. The van der Waals surface area contributed by atoms with E-state index in [4.69, 9.17) is 0 Å². The third-order valence-corrected chi connectivity index (χ3v) is 3.56. The van der Waals surface area contributed by atoms with Gasteiger partial charge in [0.25, 0.3) is 0 Å². The Balaban J connectivity index is 1.88. The molecule has 0 aromatic heterocycles. The van der Waals surface area contributed by atoms with Gasteiger partial charge in [-0.3, -0.25) is 4.79 Å². The molecule has 0 saturated carbocycles. The highest BCUT2D eigenvalue weighted by molar-refractivity contribution is 5.78. The number of nitrogens with one attached hydrogen (secondary N) is 1. The summed E-state index contributed by atoms with van der Waals surface area (Å²) >= 11 is 0. The molecular weight excluding hydrogens is 224 g/mol. The van der Waals surface area contributed by atoms with Gasteiger partial charge >= 0.3 is 0 Å². The van der Waals surface area contributed by atoms with E-state index in [0.717, 1.165) is 31.6 Å². The lowest BCUT2D eigenvalue weighted by Gasteiger charge is -2.32. The molecule has 2 rings (SSSR count). The fourth-order valence-electron chi connectivity index (χ4n) is 2.63. The first-order chi connectivity index (χ1) is 8.79. The Hall–Kier alpha value is -1.35. The van der Waals surface area contributed by atoms with Crippen molar-refractivity contribution in [2.45, 2.75) is 19.3 Å². The number of hydrogen-bond donors (Lipinski definition) is 1. The number of nitrogens with zero attached hydrogens (tertiary/aromatic N) is 1. The van der Waals surface area contributed by atoms with Crippen molar-refractivity contribution in [3.8, 4) is 0 Å². The first-order valence-electron chi connectivity index (χ1n) is 6.76. The monoisotopic (exact) mass is 246 g/mol. The number of hydrogen-bond acceptors (Lipinski definition) is 2. The van der Waals surface area contributed by atoms with Gasteiger partial charge in [0.15, 0.2) is 0 Å². The Morgan fingerprint density at radius 3 is 2.89 bits per heavy atom. The lowest BCUT2D eigenvalue weighted by Crippen LogP contribution is -2.43. The Kier molecular flexibility index (Phi) is 4.76. The van der Waals surface area contributed by atoms with Gasteiger partial charge in [-0.1, -0.05) is 30.3 Å². The molecule has 3 heteroatoms. The summed E-state index contributed by atoms with van der Waals surface area (Å²) < 4.78 is 0. The molecule has 1 unspecified atom stereocenters. The Bertz CT molecular complexity index is 375. The van der Waals surface area contributed by atoms with Crippen LogP contribution in [0, 0.1) is 5.92 Å². The number of carbonyl (C=O) groups excluding carboxylic acids is 1. The highest BCUT2D eigenvalue weighted by atomic mass is 16.2. The van der Waals surface area contributed by atoms with Gasteiger partial charge in [0.2, 0.25) is 5.91 Å². The van der Waals surface area contributed by atoms with Crippen LogP contribution >= 0.6 is 0 Å². The van der Waals surface area contributed by atoms with Crippen LogP contribution in [0.15, 0.2) is 30.3 Å². The minimum absolute atomic E-state index is 0.266. The van der Waals surface area contributed by atoms with Crippen molar-refractivity contribution in [2.24, 2.45) is 5.92 Å². The normalized spacial score (nSPS) is 19.8. The van der Waals surface area contributed by atoms with Gasteiger partial charge < -0.3 is 10.2 Å². The zero-order valence-corrected chi connectivity index (χ0v) is 11.1. The van der Waals surface area contributed by atoms with Crippen molar-refractivity contribution in [3.05, 3.63) is 35.9 Å². The average molecular weight is 246 g/mol. The minimum Gasteiger partial charge on any atom is -0.342 e. The molecule has 1 heterocycles. The summed E-state index contributed by atoms with van der Waals surface area (Å²) in [4.78, 5) is 14.2. The summed E-state index contributed by atoms with van der Waals surface area (Å²) in [5.41, 5.74) is 1.11. The zero-order valence-electron chi connectivity index (χ0n) is 11.1. The number of amides is 1. The van der Waals surface area contributed by atoms with E-state index in [1.807, 2.05) is 42.3 Å². The van der Waals surface area contributed by atoms with E-state index in [0.29, 0.717) is 12.3 Å². The lowest BCUT2D eigenvalue weighted by molar-refractivity contribution is -0.132. The molecule has 0 aliphatic carbocycles. The summed E-state index contributed by atoms with van der Waals surface area (Å²) in [5, 5.41) is 3.21. The van der Waals surface area contributed by atoms with E-state index in [1.54, 1.807) is 0 Å². The highest BCUT2D eigenvalue weighted by Crippen LogP contribution is 2.16. The smallest absolute Gasteiger partial charge is 0.226 e. The first-order valence-corrected chi connectivity index (χ1v) is 6.76. The van der Waals surface area contributed by atoms with Gasteiger partial charge in [-0.25, -0.2) is 0 Å². The molecule has 0 bridgehead atoms. The number of piperidine rings is 1. The molecule has 18 heavy (non-hydrogen) atoms. The van der Waals surface area contributed by atoms with E-state index >= 15 is 0 Å². The molecule has 1 N–H and O–H groups in total.